The van der Waals surface area contributed by atoms with Gasteiger partial charge in [-0.1, -0.05) is 19.1 Å². The van der Waals surface area contributed by atoms with Gasteiger partial charge in [-0.2, -0.15) is 0 Å². The minimum Gasteiger partial charge on any atom is -0.391 e. The lowest BCUT2D eigenvalue weighted by Crippen LogP contribution is -2.15. The first-order valence-corrected chi connectivity index (χ1v) is 6.69. The molecule has 0 atom stereocenters. The predicted octanol–water partition coefficient (Wildman–Crippen LogP) is 3.89. The Morgan fingerprint density at radius 3 is 1.65 bits per heavy atom. The summed E-state index contributed by atoms with van der Waals surface area (Å²) in [6, 6.07) is 0. The SMILES string of the molecule is C/C=C(\C=C/CC)NO.CC(C)(C)O.CC(C)(C)OO. The summed E-state index contributed by atoms with van der Waals surface area (Å²) in [4.78, 5) is 3.94. The quantitative estimate of drug-likeness (QED) is 0.360. The number of nitrogens with one attached hydrogen (secondary N) is 1. The molecular weight excluding hydrogens is 258 g/mol. The van der Waals surface area contributed by atoms with Crippen LogP contribution in [0.3, 0.4) is 0 Å². The van der Waals surface area contributed by atoms with Gasteiger partial charge in [0, 0.05) is 0 Å². The molecule has 20 heavy (non-hydrogen) atoms. The highest BCUT2D eigenvalue weighted by molar-refractivity contribution is 5.13. The van der Waals surface area contributed by atoms with Crippen LogP contribution in [0, 0.1) is 0 Å². The average Bonchev–Trinajstić information content (AvgIpc) is 2.28. The smallest absolute Gasteiger partial charge is 0.0949 e. The van der Waals surface area contributed by atoms with Crippen molar-refractivity contribution < 1.29 is 20.5 Å². The first-order chi connectivity index (χ1) is 8.91. The maximum absolute atomic E-state index is 8.52. The summed E-state index contributed by atoms with van der Waals surface area (Å²) >= 11 is 0. The Morgan fingerprint density at radius 1 is 1.15 bits per heavy atom. The zero-order chi connectivity index (χ0) is 16.8. The molecule has 0 saturated heterocycles. The van der Waals surface area contributed by atoms with Gasteiger partial charge in [-0.05, 0) is 61.0 Å². The summed E-state index contributed by atoms with van der Waals surface area (Å²) in [6.07, 6.45) is 6.59. The third-order valence-electron chi connectivity index (χ3n) is 1.25. The first-order valence-electron chi connectivity index (χ1n) is 6.69. The summed E-state index contributed by atoms with van der Waals surface area (Å²) in [5.74, 6) is 0. The fourth-order valence-corrected chi connectivity index (χ4v) is 0.443. The Morgan fingerprint density at radius 2 is 1.50 bits per heavy atom. The van der Waals surface area contributed by atoms with E-state index in [0.29, 0.717) is 0 Å². The molecule has 0 rings (SSSR count). The summed E-state index contributed by atoms with van der Waals surface area (Å²) in [5, 5.41) is 24.8. The second-order valence-corrected chi connectivity index (χ2v) is 6.04. The first kappa shape index (κ1) is 24.2. The Bertz CT molecular complexity index is 254. The molecule has 0 heterocycles. The van der Waals surface area contributed by atoms with E-state index >= 15 is 0 Å². The average molecular weight is 291 g/mol. The zero-order valence-corrected chi connectivity index (χ0v) is 14.2. The molecule has 0 aromatic carbocycles. The van der Waals surface area contributed by atoms with Gasteiger partial charge in [0.15, 0.2) is 0 Å². The summed E-state index contributed by atoms with van der Waals surface area (Å²) in [5.41, 5.74) is 1.89. The van der Waals surface area contributed by atoms with Crippen molar-refractivity contribution in [2.75, 3.05) is 0 Å². The second-order valence-electron chi connectivity index (χ2n) is 6.04. The van der Waals surface area contributed by atoms with Crippen molar-refractivity contribution in [1.29, 1.82) is 0 Å². The van der Waals surface area contributed by atoms with Crippen molar-refractivity contribution in [2.24, 2.45) is 0 Å². The third kappa shape index (κ3) is 43.4. The van der Waals surface area contributed by atoms with Gasteiger partial charge in [-0.25, -0.2) is 4.89 Å². The van der Waals surface area contributed by atoms with Gasteiger partial charge in [0.05, 0.1) is 16.9 Å². The van der Waals surface area contributed by atoms with Crippen LogP contribution in [0.4, 0.5) is 0 Å². The highest BCUT2D eigenvalue weighted by Gasteiger charge is 2.07. The molecular formula is C15H33NO4. The van der Waals surface area contributed by atoms with Crippen LogP contribution in [0.25, 0.3) is 0 Å². The topological polar surface area (TPSA) is 82.0 Å². The molecule has 0 radical (unpaired) electrons. The molecule has 0 fully saturated rings. The molecule has 0 aromatic rings. The van der Waals surface area contributed by atoms with Gasteiger partial charge >= 0.3 is 0 Å². The third-order valence-corrected chi connectivity index (χ3v) is 1.25. The standard InChI is InChI=1S/C7H13NO.C4H10O2.C4H10O/c1-3-5-6-7(4-2)8-9;1-4(2,3)6-5;1-4(2,3)5/h4-6,8-9H,3H2,1-2H3;5H,1-3H3;5H,1-3H3/b6-5-,7-4+;;. The molecule has 0 unspecified atom stereocenters. The molecule has 0 saturated carbocycles. The molecule has 0 spiro atoms. The van der Waals surface area contributed by atoms with Gasteiger partial charge in [-0.15, -0.1) is 0 Å². The van der Waals surface area contributed by atoms with Crippen LogP contribution in [0.5, 0.6) is 0 Å². The van der Waals surface area contributed by atoms with E-state index in [4.69, 9.17) is 15.6 Å². The number of allylic oxidation sites excluding steroid dienone is 3. The van der Waals surface area contributed by atoms with Gasteiger partial charge < -0.3 is 5.11 Å². The Kier molecular flexibility index (Phi) is 15.8. The van der Waals surface area contributed by atoms with Crippen molar-refractivity contribution in [3.8, 4) is 0 Å². The Labute approximate surface area is 123 Å². The van der Waals surface area contributed by atoms with Crippen molar-refractivity contribution in [2.45, 2.75) is 73.0 Å². The van der Waals surface area contributed by atoms with E-state index in [1.54, 1.807) is 47.6 Å². The Balaban J connectivity index is -0.000000230. The van der Waals surface area contributed by atoms with Gasteiger partial charge in [0.2, 0.25) is 0 Å². The van der Waals surface area contributed by atoms with E-state index in [0.717, 1.165) is 12.1 Å². The maximum atomic E-state index is 8.52. The van der Waals surface area contributed by atoms with E-state index in [-0.39, 0.29) is 0 Å². The fraction of sp³-hybridized carbons (Fsp3) is 0.733. The zero-order valence-electron chi connectivity index (χ0n) is 14.2. The van der Waals surface area contributed by atoms with Crippen molar-refractivity contribution in [3.63, 3.8) is 0 Å². The minimum atomic E-state index is -0.500. The van der Waals surface area contributed by atoms with Gasteiger partial charge in [0.1, 0.15) is 0 Å². The van der Waals surface area contributed by atoms with Gasteiger partial charge in [0.25, 0.3) is 0 Å². The number of aliphatic hydroxyl groups is 1. The summed E-state index contributed by atoms with van der Waals surface area (Å²) < 4.78 is 0. The maximum Gasteiger partial charge on any atom is 0.0949 e. The molecule has 122 valence electrons. The van der Waals surface area contributed by atoms with E-state index in [1.807, 2.05) is 26.0 Å². The second kappa shape index (κ2) is 13.1. The molecule has 0 bridgehead atoms. The highest BCUT2D eigenvalue weighted by atomic mass is 17.1. The van der Waals surface area contributed by atoms with Gasteiger partial charge in [-0.3, -0.25) is 15.9 Å². The monoisotopic (exact) mass is 291 g/mol. The molecule has 0 aliphatic carbocycles. The number of hydrogen-bond donors (Lipinski definition) is 4. The van der Waals surface area contributed by atoms with E-state index in [9.17, 15) is 0 Å². The molecule has 0 aliphatic heterocycles. The van der Waals surface area contributed by atoms with Crippen molar-refractivity contribution >= 4 is 0 Å². The van der Waals surface area contributed by atoms with Crippen LogP contribution in [0.1, 0.15) is 61.8 Å². The number of rotatable bonds is 3. The summed E-state index contributed by atoms with van der Waals surface area (Å²) in [7, 11) is 0. The number of hydroxylamine groups is 1. The van der Waals surface area contributed by atoms with Crippen LogP contribution < -0.4 is 5.48 Å². The number of hydrogen-bond acceptors (Lipinski definition) is 5. The molecule has 4 N–H and O–H groups in total. The lowest BCUT2D eigenvalue weighted by atomic mass is 10.2. The predicted molar refractivity (Wildman–Crippen MR) is 83.5 cm³/mol. The van der Waals surface area contributed by atoms with Crippen molar-refractivity contribution in [3.05, 3.63) is 23.9 Å². The van der Waals surface area contributed by atoms with E-state index in [2.05, 4.69) is 10.4 Å². The van der Waals surface area contributed by atoms with Crippen LogP contribution in [0.15, 0.2) is 23.9 Å². The van der Waals surface area contributed by atoms with Crippen LogP contribution in [-0.2, 0) is 4.89 Å². The molecule has 5 nitrogen and oxygen atoms in total. The minimum absolute atomic E-state index is 0.403. The lowest BCUT2D eigenvalue weighted by Gasteiger charge is -2.10. The molecule has 0 aliphatic rings. The largest absolute Gasteiger partial charge is 0.391 e. The van der Waals surface area contributed by atoms with Crippen LogP contribution in [-0.4, -0.2) is 26.8 Å². The molecule has 5 heteroatoms. The van der Waals surface area contributed by atoms with Crippen LogP contribution >= 0.6 is 0 Å². The Hall–Kier alpha value is -0.880. The highest BCUT2D eigenvalue weighted by Crippen LogP contribution is 2.01. The molecule has 0 amide bonds. The van der Waals surface area contributed by atoms with Crippen molar-refractivity contribution in [1.82, 2.24) is 5.48 Å². The van der Waals surface area contributed by atoms with E-state index < -0.39 is 11.2 Å². The summed E-state index contributed by atoms with van der Waals surface area (Å²) in [6.45, 7) is 14.4. The van der Waals surface area contributed by atoms with Crippen LogP contribution in [0.2, 0.25) is 0 Å². The normalized spacial score (nSPS) is 12.2. The fourth-order valence-electron chi connectivity index (χ4n) is 0.443. The van der Waals surface area contributed by atoms with E-state index in [1.165, 1.54) is 0 Å². The molecule has 0 aromatic heterocycles. The lowest BCUT2D eigenvalue weighted by molar-refractivity contribution is -0.306.